The molecule has 0 aliphatic carbocycles. The second-order valence-electron chi connectivity index (χ2n) is 1.90. The zero-order valence-electron chi connectivity index (χ0n) is 5.93. The molecule has 1 aromatic rings. The van der Waals surface area contributed by atoms with Crippen molar-refractivity contribution in [2.75, 3.05) is 0 Å². The third kappa shape index (κ3) is 1.97. The summed E-state index contributed by atoms with van der Waals surface area (Å²) in [7, 11) is 0. The van der Waals surface area contributed by atoms with Gasteiger partial charge in [-0.15, -0.1) is 11.3 Å². The van der Waals surface area contributed by atoms with Crippen LogP contribution in [0.3, 0.4) is 0 Å². The van der Waals surface area contributed by atoms with Crippen LogP contribution in [0.15, 0.2) is 17.5 Å². The van der Waals surface area contributed by atoms with Crippen LogP contribution >= 0.6 is 11.3 Å². The van der Waals surface area contributed by atoms with Crippen LogP contribution in [-0.4, -0.2) is 17.2 Å². The van der Waals surface area contributed by atoms with Crippen molar-refractivity contribution in [2.24, 2.45) is 0 Å². The van der Waals surface area contributed by atoms with E-state index in [-0.39, 0.29) is 0 Å². The number of rotatable bonds is 3. The van der Waals surface area contributed by atoms with E-state index >= 15 is 0 Å². The van der Waals surface area contributed by atoms with Crippen molar-refractivity contribution in [3.63, 3.8) is 0 Å². The average Bonchev–Trinajstić information content (AvgIpc) is 2.51. The quantitative estimate of drug-likeness (QED) is 0.761. The molecule has 0 radical (unpaired) electrons. The van der Waals surface area contributed by atoms with E-state index in [1.807, 2.05) is 0 Å². The van der Waals surface area contributed by atoms with Crippen LogP contribution < -0.4 is 4.74 Å². The van der Waals surface area contributed by atoms with Crippen LogP contribution in [0.4, 0.5) is 0 Å². The van der Waals surface area contributed by atoms with Crippen LogP contribution in [0.5, 0.6) is 5.06 Å². The number of thiophene rings is 1. The summed E-state index contributed by atoms with van der Waals surface area (Å²) in [4.78, 5) is 10.3. The molecular formula is C7H5NO3S. The van der Waals surface area contributed by atoms with Gasteiger partial charge in [-0.2, -0.15) is 5.26 Å². The van der Waals surface area contributed by atoms with Gasteiger partial charge in [0.05, 0.1) is 0 Å². The van der Waals surface area contributed by atoms with Crippen LogP contribution in [0.25, 0.3) is 0 Å². The van der Waals surface area contributed by atoms with E-state index in [0.717, 1.165) is 0 Å². The summed E-state index contributed by atoms with van der Waals surface area (Å²) in [5.74, 6) is -1.27. The number of nitrogens with zero attached hydrogens (tertiary/aromatic N) is 1. The van der Waals surface area contributed by atoms with Crippen molar-refractivity contribution in [1.82, 2.24) is 0 Å². The molecule has 1 aromatic heterocycles. The molecule has 0 saturated carbocycles. The van der Waals surface area contributed by atoms with Crippen LogP contribution in [0.1, 0.15) is 0 Å². The van der Waals surface area contributed by atoms with E-state index in [9.17, 15) is 4.79 Å². The van der Waals surface area contributed by atoms with E-state index in [0.29, 0.717) is 5.06 Å². The Balaban J connectivity index is 2.62. The average molecular weight is 183 g/mol. The second-order valence-corrected chi connectivity index (χ2v) is 2.81. The Kier molecular flexibility index (Phi) is 2.66. The molecule has 1 atom stereocenters. The van der Waals surface area contributed by atoms with E-state index in [1.54, 1.807) is 17.5 Å². The first-order valence-electron chi connectivity index (χ1n) is 3.06. The number of ether oxygens (including phenoxy) is 1. The molecule has 0 aliphatic rings. The molecule has 1 rings (SSSR count). The predicted octanol–water partition coefficient (Wildman–Crippen LogP) is 1.10. The summed E-state index contributed by atoms with van der Waals surface area (Å²) >= 11 is 1.25. The second kappa shape index (κ2) is 3.74. The maximum Gasteiger partial charge on any atom is 0.360 e. The van der Waals surface area contributed by atoms with Gasteiger partial charge in [0, 0.05) is 0 Å². The van der Waals surface area contributed by atoms with E-state index in [2.05, 4.69) is 0 Å². The molecule has 1 unspecified atom stereocenters. The van der Waals surface area contributed by atoms with Gasteiger partial charge in [-0.25, -0.2) is 4.79 Å². The van der Waals surface area contributed by atoms with Gasteiger partial charge in [0.25, 0.3) is 6.10 Å². The van der Waals surface area contributed by atoms with Gasteiger partial charge in [0.1, 0.15) is 6.07 Å². The zero-order chi connectivity index (χ0) is 8.97. The first-order valence-corrected chi connectivity index (χ1v) is 3.94. The Morgan fingerprint density at radius 2 is 2.58 bits per heavy atom. The van der Waals surface area contributed by atoms with Crippen molar-refractivity contribution in [3.8, 4) is 11.1 Å². The highest BCUT2D eigenvalue weighted by Gasteiger charge is 2.18. The highest BCUT2D eigenvalue weighted by Crippen LogP contribution is 2.19. The summed E-state index contributed by atoms with van der Waals surface area (Å²) in [6, 6.07) is 4.85. The summed E-state index contributed by atoms with van der Waals surface area (Å²) in [6.45, 7) is 0. The fourth-order valence-corrected chi connectivity index (χ4v) is 1.18. The van der Waals surface area contributed by atoms with Crippen molar-refractivity contribution in [1.29, 1.82) is 5.26 Å². The molecule has 0 fully saturated rings. The predicted molar refractivity (Wildman–Crippen MR) is 42.0 cm³/mol. The third-order valence-electron chi connectivity index (χ3n) is 1.07. The largest absolute Gasteiger partial charge is 0.478 e. The van der Waals surface area contributed by atoms with Gasteiger partial charge in [-0.1, -0.05) is 0 Å². The fourth-order valence-electron chi connectivity index (χ4n) is 0.579. The molecule has 1 heterocycles. The van der Waals surface area contributed by atoms with Gasteiger partial charge < -0.3 is 9.84 Å². The molecule has 5 heteroatoms. The van der Waals surface area contributed by atoms with Gasteiger partial charge >= 0.3 is 5.97 Å². The number of carboxylic acids is 1. The first kappa shape index (κ1) is 8.56. The van der Waals surface area contributed by atoms with Crippen molar-refractivity contribution < 1.29 is 14.6 Å². The summed E-state index contributed by atoms with van der Waals surface area (Å²) < 4.78 is 4.82. The smallest absolute Gasteiger partial charge is 0.360 e. The summed E-state index contributed by atoms with van der Waals surface area (Å²) in [5, 5.41) is 18.9. The van der Waals surface area contributed by atoms with Gasteiger partial charge in [0.2, 0.25) is 0 Å². The lowest BCUT2D eigenvalue weighted by molar-refractivity contribution is -0.142. The maximum atomic E-state index is 10.3. The molecular weight excluding hydrogens is 178 g/mol. The van der Waals surface area contributed by atoms with Crippen molar-refractivity contribution in [2.45, 2.75) is 6.10 Å². The van der Waals surface area contributed by atoms with Gasteiger partial charge in [0.15, 0.2) is 5.06 Å². The number of nitriles is 1. The van der Waals surface area contributed by atoms with Crippen LogP contribution in [0.2, 0.25) is 0 Å². The van der Waals surface area contributed by atoms with Gasteiger partial charge in [-0.05, 0) is 17.5 Å². The monoisotopic (exact) mass is 183 g/mol. The molecule has 1 N–H and O–H groups in total. The van der Waals surface area contributed by atoms with E-state index < -0.39 is 12.1 Å². The summed E-state index contributed by atoms with van der Waals surface area (Å²) in [5.41, 5.74) is 0. The molecule has 0 bridgehead atoms. The number of aliphatic carboxylic acids is 1. The Morgan fingerprint density at radius 3 is 3.00 bits per heavy atom. The molecule has 0 saturated heterocycles. The molecule has 4 nitrogen and oxygen atoms in total. The lowest BCUT2D eigenvalue weighted by Crippen LogP contribution is -2.24. The lowest BCUT2D eigenvalue weighted by atomic mass is 10.4. The number of carbonyl (C=O) groups is 1. The Morgan fingerprint density at radius 1 is 1.83 bits per heavy atom. The van der Waals surface area contributed by atoms with Crippen LogP contribution in [-0.2, 0) is 4.79 Å². The molecule has 0 aromatic carbocycles. The normalized spacial score (nSPS) is 11.6. The van der Waals surface area contributed by atoms with Crippen molar-refractivity contribution >= 4 is 17.3 Å². The number of hydrogen-bond acceptors (Lipinski definition) is 4. The SMILES string of the molecule is N#CC(Oc1cccs1)C(=O)O. The third-order valence-corrected chi connectivity index (χ3v) is 1.83. The topological polar surface area (TPSA) is 70.3 Å². The van der Waals surface area contributed by atoms with E-state index in [4.69, 9.17) is 15.1 Å². The first-order chi connectivity index (χ1) is 5.74. The zero-order valence-corrected chi connectivity index (χ0v) is 6.75. The Hall–Kier alpha value is -1.54. The standard InChI is InChI=1S/C7H5NO3S/c8-4-5(7(9)10)11-6-2-1-3-12-6/h1-3,5H,(H,9,10). The summed E-state index contributed by atoms with van der Waals surface area (Å²) in [6.07, 6.45) is -1.41. The molecule has 0 aliphatic heterocycles. The molecule has 12 heavy (non-hydrogen) atoms. The highest BCUT2D eigenvalue weighted by atomic mass is 32.1. The molecule has 62 valence electrons. The minimum atomic E-state index is -1.41. The number of hydrogen-bond donors (Lipinski definition) is 1. The minimum absolute atomic E-state index is 0.434. The fraction of sp³-hybridized carbons (Fsp3) is 0.143. The van der Waals surface area contributed by atoms with Crippen LogP contribution in [0, 0.1) is 11.3 Å². The van der Waals surface area contributed by atoms with Gasteiger partial charge in [-0.3, -0.25) is 0 Å². The van der Waals surface area contributed by atoms with Crippen molar-refractivity contribution in [3.05, 3.63) is 17.5 Å². The number of carboxylic acid groups (broad SMARTS) is 1. The maximum absolute atomic E-state index is 10.3. The highest BCUT2D eigenvalue weighted by molar-refractivity contribution is 7.11. The lowest BCUT2D eigenvalue weighted by Gasteiger charge is -2.03. The Bertz CT molecular complexity index is 301. The minimum Gasteiger partial charge on any atom is -0.478 e. The molecule has 0 spiro atoms. The van der Waals surface area contributed by atoms with E-state index in [1.165, 1.54) is 17.4 Å². The molecule has 0 amide bonds. The Labute approximate surface area is 72.6 Å².